The highest BCUT2D eigenvalue weighted by molar-refractivity contribution is 7.81. The van der Waals surface area contributed by atoms with Gasteiger partial charge >= 0.3 is 0 Å². The molecule has 0 heterocycles. The van der Waals surface area contributed by atoms with Crippen molar-refractivity contribution in [2.75, 3.05) is 0 Å². The van der Waals surface area contributed by atoms with Crippen LogP contribution >= 0.6 is 12.6 Å². The van der Waals surface area contributed by atoms with Gasteiger partial charge in [-0.3, -0.25) is 0 Å². The van der Waals surface area contributed by atoms with Gasteiger partial charge in [-0.25, -0.2) is 0 Å². The van der Waals surface area contributed by atoms with Gasteiger partial charge < -0.3 is 0 Å². The molecule has 0 radical (unpaired) electrons. The molecule has 0 spiro atoms. The minimum absolute atomic E-state index is 0.411. The summed E-state index contributed by atoms with van der Waals surface area (Å²) in [6.07, 6.45) is 7.59. The zero-order valence-electron chi connectivity index (χ0n) is 4.96. The minimum atomic E-state index is 0.411. The summed E-state index contributed by atoms with van der Waals surface area (Å²) in [5.74, 6) is 0. The van der Waals surface area contributed by atoms with Crippen LogP contribution in [0.5, 0.6) is 0 Å². The fourth-order valence-electron chi connectivity index (χ4n) is 0.786. The predicted octanol–water partition coefficient (Wildman–Crippen LogP) is 2.19. The van der Waals surface area contributed by atoms with Crippen molar-refractivity contribution < 1.29 is 0 Å². The molecule has 0 saturated carbocycles. The highest BCUT2D eigenvalue weighted by Crippen LogP contribution is 2.16. The average Bonchev–Trinajstić information content (AvgIpc) is 2.12. The first kappa shape index (κ1) is 5.96. The molecule has 1 rings (SSSR count). The van der Waals surface area contributed by atoms with Crippen LogP contribution in [0.3, 0.4) is 0 Å². The number of allylic oxidation sites excluding steroid dienone is 3. The molecule has 0 nitrogen and oxygen atoms in total. The Morgan fingerprint density at radius 2 is 2.50 bits per heavy atom. The third kappa shape index (κ3) is 1.16. The van der Waals surface area contributed by atoms with Crippen LogP contribution in [0.2, 0.25) is 0 Å². The molecule has 1 unspecified atom stereocenters. The molecule has 0 aliphatic heterocycles. The lowest BCUT2D eigenvalue weighted by Gasteiger charge is -1.99. The van der Waals surface area contributed by atoms with Crippen molar-refractivity contribution in [1.82, 2.24) is 0 Å². The van der Waals surface area contributed by atoms with E-state index < -0.39 is 0 Å². The maximum Gasteiger partial charge on any atom is 0.0235 e. The van der Waals surface area contributed by atoms with E-state index in [4.69, 9.17) is 0 Å². The van der Waals surface area contributed by atoms with Crippen LogP contribution in [0.25, 0.3) is 0 Å². The molecule has 1 atom stereocenters. The highest BCUT2D eigenvalue weighted by Gasteiger charge is 2.01. The molecule has 1 heteroatoms. The third-order valence-corrected chi connectivity index (χ3v) is 1.58. The number of hydrogen-bond donors (Lipinski definition) is 1. The standard InChI is InChI=1S/C7H10S/c1-6(8)7-4-2-3-5-7/h2,4-6,8H,3H2,1H3. The van der Waals surface area contributed by atoms with E-state index >= 15 is 0 Å². The summed E-state index contributed by atoms with van der Waals surface area (Å²) in [4.78, 5) is 0. The molecule has 44 valence electrons. The normalized spacial score (nSPS) is 21.0. The molecule has 1 aliphatic carbocycles. The minimum Gasteiger partial charge on any atom is -0.171 e. The second-order valence-corrected chi connectivity index (χ2v) is 2.79. The van der Waals surface area contributed by atoms with Crippen molar-refractivity contribution in [2.45, 2.75) is 18.6 Å². The SMILES string of the molecule is CC(S)C1=CCC=C1. The molecule has 8 heavy (non-hydrogen) atoms. The van der Waals surface area contributed by atoms with Crippen LogP contribution in [0.4, 0.5) is 0 Å². The van der Waals surface area contributed by atoms with Gasteiger partial charge in [0.15, 0.2) is 0 Å². The van der Waals surface area contributed by atoms with E-state index in [0.717, 1.165) is 6.42 Å². The van der Waals surface area contributed by atoms with E-state index in [1.165, 1.54) is 5.57 Å². The van der Waals surface area contributed by atoms with Gasteiger partial charge in [0.25, 0.3) is 0 Å². The average molecular weight is 126 g/mol. The largest absolute Gasteiger partial charge is 0.171 e. The van der Waals surface area contributed by atoms with Crippen LogP contribution in [-0.4, -0.2) is 5.25 Å². The second kappa shape index (κ2) is 2.40. The van der Waals surface area contributed by atoms with E-state index in [1.54, 1.807) is 0 Å². The Morgan fingerprint density at radius 3 is 2.75 bits per heavy atom. The second-order valence-electron chi connectivity index (χ2n) is 2.02. The van der Waals surface area contributed by atoms with Crippen molar-refractivity contribution in [3.63, 3.8) is 0 Å². The summed E-state index contributed by atoms with van der Waals surface area (Å²) in [5, 5.41) is 0.411. The van der Waals surface area contributed by atoms with Gasteiger partial charge in [0.2, 0.25) is 0 Å². The quantitative estimate of drug-likeness (QED) is 0.511. The van der Waals surface area contributed by atoms with Gasteiger partial charge in [0.05, 0.1) is 0 Å². The Hall–Kier alpha value is -0.170. The molecule has 0 aromatic rings. The first-order valence-corrected chi connectivity index (χ1v) is 3.37. The lowest BCUT2D eigenvalue weighted by molar-refractivity contribution is 1.18. The molecule has 0 amide bonds. The Morgan fingerprint density at radius 1 is 1.75 bits per heavy atom. The summed E-state index contributed by atoms with van der Waals surface area (Å²) in [6, 6.07) is 0. The monoisotopic (exact) mass is 126 g/mol. The van der Waals surface area contributed by atoms with Gasteiger partial charge in [0, 0.05) is 5.25 Å². The maximum atomic E-state index is 4.27. The van der Waals surface area contributed by atoms with Crippen molar-refractivity contribution in [1.29, 1.82) is 0 Å². The summed E-state index contributed by atoms with van der Waals surface area (Å²) in [6.45, 7) is 2.09. The maximum absolute atomic E-state index is 4.27. The Balaban J connectivity index is 2.58. The van der Waals surface area contributed by atoms with Crippen LogP contribution < -0.4 is 0 Å². The van der Waals surface area contributed by atoms with Crippen molar-refractivity contribution in [3.05, 3.63) is 23.8 Å². The molecular weight excluding hydrogens is 116 g/mol. The smallest absolute Gasteiger partial charge is 0.0235 e. The fourth-order valence-corrected chi connectivity index (χ4v) is 0.978. The number of hydrogen-bond acceptors (Lipinski definition) is 1. The van der Waals surface area contributed by atoms with Crippen LogP contribution in [0.1, 0.15) is 13.3 Å². The first-order chi connectivity index (χ1) is 3.80. The van der Waals surface area contributed by atoms with Gasteiger partial charge in [-0.2, -0.15) is 12.6 Å². The molecule has 0 aromatic carbocycles. The van der Waals surface area contributed by atoms with Crippen LogP contribution in [-0.2, 0) is 0 Å². The summed E-state index contributed by atoms with van der Waals surface area (Å²) < 4.78 is 0. The van der Waals surface area contributed by atoms with E-state index in [2.05, 4.69) is 37.8 Å². The topological polar surface area (TPSA) is 0 Å². The molecule has 0 N–H and O–H groups in total. The van der Waals surface area contributed by atoms with Gasteiger partial charge in [-0.05, 0) is 18.9 Å². The number of thiol groups is 1. The third-order valence-electron chi connectivity index (χ3n) is 1.28. The van der Waals surface area contributed by atoms with E-state index in [1.807, 2.05) is 0 Å². The first-order valence-electron chi connectivity index (χ1n) is 2.85. The predicted molar refractivity (Wildman–Crippen MR) is 40.3 cm³/mol. The Labute approximate surface area is 55.7 Å². The van der Waals surface area contributed by atoms with Gasteiger partial charge in [0.1, 0.15) is 0 Å². The van der Waals surface area contributed by atoms with E-state index in [0.29, 0.717) is 5.25 Å². The highest BCUT2D eigenvalue weighted by atomic mass is 32.1. The van der Waals surface area contributed by atoms with E-state index in [-0.39, 0.29) is 0 Å². The fraction of sp³-hybridized carbons (Fsp3) is 0.429. The molecule has 0 aromatic heterocycles. The lowest BCUT2D eigenvalue weighted by Crippen LogP contribution is -1.90. The van der Waals surface area contributed by atoms with Gasteiger partial charge in [-0.1, -0.05) is 18.2 Å². The van der Waals surface area contributed by atoms with Gasteiger partial charge in [-0.15, -0.1) is 0 Å². The molecule has 1 aliphatic rings. The molecule has 0 bridgehead atoms. The summed E-state index contributed by atoms with van der Waals surface area (Å²) in [7, 11) is 0. The van der Waals surface area contributed by atoms with Crippen LogP contribution in [0.15, 0.2) is 23.8 Å². The summed E-state index contributed by atoms with van der Waals surface area (Å²) >= 11 is 4.27. The van der Waals surface area contributed by atoms with Crippen molar-refractivity contribution in [2.24, 2.45) is 0 Å². The zero-order valence-corrected chi connectivity index (χ0v) is 5.86. The Kier molecular flexibility index (Phi) is 1.79. The molecule has 0 fully saturated rings. The Bertz CT molecular complexity index is 131. The van der Waals surface area contributed by atoms with Crippen LogP contribution in [0, 0.1) is 0 Å². The molecular formula is C7H10S. The zero-order chi connectivity index (χ0) is 5.98. The number of rotatable bonds is 1. The lowest BCUT2D eigenvalue weighted by atomic mass is 10.2. The van der Waals surface area contributed by atoms with Crippen molar-refractivity contribution >= 4 is 12.6 Å². The molecule has 0 saturated heterocycles. The summed E-state index contributed by atoms with van der Waals surface area (Å²) in [5.41, 5.74) is 1.35. The van der Waals surface area contributed by atoms with Crippen molar-refractivity contribution in [3.8, 4) is 0 Å². The van der Waals surface area contributed by atoms with E-state index in [9.17, 15) is 0 Å².